The number of rotatable bonds is 7. The predicted octanol–water partition coefficient (Wildman–Crippen LogP) is 2.74. The van der Waals surface area contributed by atoms with Crippen molar-refractivity contribution in [2.75, 3.05) is 18.0 Å². The number of fused-ring (bicyclic) bond motifs is 1. The second kappa shape index (κ2) is 7.26. The fourth-order valence-corrected chi connectivity index (χ4v) is 2.72. The van der Waals surface area contributed by atoms with Crippen LogP contribution in [-0.2, 0) is 6.54 Å². The second-order valence-corrected chi connectivity index (χ2v) is 5.49. The first kappa shape index (κ1) is 17.0. The predicted molar refractivity (Wildman–Crippen MR) is 91.4 cm³/mol. The number of aromatic carboxylic acids is 1. The number of aromatic nitrogens is 2. The van der Waals surface area contributed by atoms with Crippen LogP contribution in [0, 0.1) is 0 Å². The van der Waals surface area contributed by atoms with Gasteiger partial charge in [0.1, 0.15) is 0 Å². The standard InChI is InChI=1S/C17H23N3O3/c1-4-9-19(10-5-2)17-18-14-11-12(16(22)23)7-8-13(14)15(21)20(17)6-3/h7-8,11H,4-6,9-10H2,1-3H3,(H,22,23). The topological polar surface area (TPSA) is 75.4 Å². The largest absolute Gasteiger partial charge is 0.478 e. The molecule has 1 N–H and O–H groups in total. The van der Waals surface area contributed by atoms with Crippen molar-refractivity contribution in [3.8, 4) is 0 Å². The normalized spacial score (nSPS) is 10.9. The summed E-state index contributed by atoms with van der Waals surface area (Å²) in [4.78, 5) is 30.6. The smallest absolute Gasteiger partial charge is 0.335 e. The van der Waals surface area contributed by atoms with Crippen molar-refractivity contribution in [3.63, 3.8) is 0 Å². The van der Waals surface area contributed by atoms with Crippen molar-refractivity contribution in [3.05, 3.63) is 34.1 Å². The number of benzene rings is 1. The number of anilines is 1. The lowest BCUT2D eigenvalue weighted by atomic mass is 10.1. The zero-order valence-corrected chi connectivity index (χ0v) is 13.9. The van der Waals surface area contributed by atoms with E-state index in [9.17, 15) is 9.59 Å². The van der Waals surface area contributed by atoms with E-state index in [0.29, 0.717) is 23.4 Å². The maximum atomic E-state index is 12.7. The van der Waals surface area contributed by atoms with E-state index < -0.39 is 5.97 Å². The van der Waals surface area contributed by atoms with Crippen molar-refractivity contribution in [2.45, 2.75) is 40.2 Å². The van der Waals surface area contributed by atoms with Crippen LogP contribution in [0.5, 0.6) is 0 Å². The highest BCUT2D eigenvalue weighted by molar-refractivity contribution is 5.93. The SMILES string of the molecule is CCCN(CCC)c1nc2cc(C(=O)O)ccc2c(=O)n1CC. The Balaban J connectivity index is 2.71. The molecule has 1 heterocycles. The number of carboxylic acid groups (broad SMARTS) is 1. The minimum atomic E-state index is -1.02. The van der Waals surface area contributed by atoms with Crippen molar-refractivity contribution in [2.24, 2.45) is 0 Å². The number of hydrogen-bond donors (Lipinski definition) is 1. The molecular weight excluding hydrogens is 294 g/mol. The maximum absolute atomic E-state index is 12.7. The van der Waals surface area contributed by atoms with Crippen molar-refractivity contribution in [1.82, 2.24) is 9.55 Å². The lowest BCUT2D eigenvalue weighted by Crippen LogP contribution is -2.34. The Hall–Kier alpha value is -2.37. The fraction of sp³-hybridized carbons (Fsp3) is 0.471. The van der Waals surface area contributed by atoms with Gasteiger partial charge < -0.3 is 10.0 Å². The molecule has 0 aliphatic rings. The highest BCUT2D eigenvalue weighted by atomic mass is 16.4. The zero-order chi connectivity index (χ0) is 17.0. The van der Waals surface area contributed by atoms with Crippen LogP contribution in [0.2, 0.25) is 0 Å². The number of nitrogens with zero attached hydrogens (tertiary/aromatic N) is 3. The summed E-state index contributed by atoms with van der Waals surface area (Å²) in [5.74, 6) is -0.398. The van der Waals surface area contributed by atoms with Crippen LogP contribution in [0.3, 0.4) is 0 Å². The molecule has 2 aromatic rings. The molecule has 6 nitrogen and oxygen atoms in total. The molecule has 1 aromatic heterocycles. The molecule has 0 aliphatic heterocycles. The Kier molecular flexibility index (Phi) is 5.36. The number of carbonyl (C=O) groups is 1. The summed E-state index contributed by atoms with van der Waals surface area (Å²) in [5.41, 5.74) is 0.454. The Labute approximate surface area is 135 Å². The third kappa shape index (κ3) is 3.36. The molecule has 23 heavy (non-hydrogen) atoms. The first-order valence-electron chi connectivity index (χ1n) is 8.06. The molecule has 124 valence electrons. The van der Waals surface area contributed by atoms with Gasteiger partial charge in [-0.05, 0) is 38.0 Å². The van der Waals surface area contributed by atoms with Crippen molar-refractivity contribution < 1.29 is 9.90 Å². The van der Waals surface area contributed by atoms with Gasteiger partial charge in [0.2, 0.25) is 5.95 Å². The average molecular weight is 317 g/mol. The van der Waals surface area contributed by atoms with Gasteiger partial charge in [0.25, 0.3) is 5.56 Å². The molecular formula is C17H23N3O3. The van der Waals surface area contributed by atoms with Crippen LogP contribution < -0.4 is 10.5 Å². The van der Waals surface area contributed by atoms with Crippen LogP contribution in [0.15, 0.2) is 23.0 Å². The molecule has 0 spiro atoms. The summed E-state index contributed by atoms with van der Waals surface area (Å²) in [5, 5.41) is 9.59. The van der Waals surface area contributed by atoms with Gasteiger partial charge in [-0.2, -0.15) is 0 Å². The molecule has 1 aromatic carbocycles. The van der Waals surface area contributed by atoms with Gasteiger partial charge in [-0.25, -0.2) is 9.78 Å². The highest BCUT2D eigenvalue weighted by Crippen LogP contribution is 2.17. The molecule has 0 aliphatic carbocycles. The quantitative estimate of drug-likeness (QED) is 0.850. The van der Waals surface area contributed by atoms with Crippen molar-refractivity contribution in [1.29, 1.82) is 0 Å². The summed E-state index contributed by atoms with van der Waals surface area (Å²) in [6.45, 7) is 8.23. The lowest BCUT2D eigenvalue weighted by molar-refractivity contribution is 0.0697. The van der Waals surface area contributed by atoms with Crippen LogP contribution >= 0.6 is 0 Å². The zero-order valence-electron chi connectivity index (χ0n) is 13.9. The van der Waals surface area contributed by atoms with E-state index in [2.05, 4.69) is 23.7 Å². The summed E-state index contributed by atoms with van der Waals surface area (Å²) in [6, 6.07) is 4.47. The van der Waals surface area contributed by atoms with Gasteiger partial charge in [0.05, 0.1) is 16.5 Å². The molecule has 0 unspecified atom stereocenters. The van der Waals surface area contributed by atoms with E-state index in [1.54, 1.807) is 10.6 Å². The van der Waals surface area contributed by atoms with E-state index in [-0.39, 0.29) is 11.1 Å². The molecule has 0 radical (unpaired) electrons. The lowest BCUT2D eigenvalue weighted by Gasteiger charge is -2.25. The molecule has 0 saturated carbocycles. The van der Waals surface area contributed by atoms with Gasteiger partial charge >= 0.3 is 5.97 Å². The summed E-state index contributed by atoms with van der Waals surface area (Å²) in [7, 11) is 0. The summed E-state index contributed by atoms with van der Waals surface area (Å²) < 4.78 is 1.66. The molecule has 0 fully saturated rings. The number of hydrogen-bond acceptors (Lipinski definition) is 4. The fourth-order valence-electron chi connectivity index (χ4n) is 2.72. The molecule has 6 heteroatoms. The number of carboxylic acids is 1. The first-order valence-corrected chi connectivity index (χ1v) is 8.06. The van der Waals surface area contributed by atoms with Crippen molar-refractivity contribution >= 4 is 22.8 Å². The van der Waals surface area contributed by atoms with E-state index in [0.717, 1.165) is 25.9 Å². The van der Waals surface area contributed by atoms with Gasteiger partial charge in [0.15, 0.2) is 0 Å². The van der Waals surface area contributed by atoms with Gasteiger partial charge in [-0.15, -0.1) is 0 Å². The van der Waals surface area contributed by atoms with E-state index in [1.807, 2.05) is 6.92 Å². The van der Waals surface area contributed by atoms with Crippen LogP contribution in [0.25, 0.3) is 10.9 Å². The molecule has 0 saturated heterocycles. The summed E-state index contributed by atoms with van der Waals surface area (Å²) >= 11 is 0. The van der Waals surface area contributed by atoms with Gasteiger partial charge in [-0.3, -0.25) is 9.36 Å². The molecule has 0 atom stereocenters. The minimum absolute atomic E-state index is 0.123. The minimum Gasteiger partial charge on any atom is -0.478 e. The highest BCUT2D eigenvalue weighted by Gasteiger charge is 2.16. The molecule has 0 bridgehead atoms. The van der Waals surface area contributed by atoms with E-state index in [1.165, 1.54) is 12.1 Å². The van der Waals surface area contributed by atoms with Crippen LogP contribution in [0.4, 0.5) is 5.95 Å². The third-order valence-electron chi connectivity index (χ3n) is 3.77. The monoisotopic (exact) mass is 317 g/mol. The Bertz CT molecular complexity index is 762. The molecule has 2 rings (SSSR count). The van der Waals surface area contributed by atoms with E-state index in [4.69, 9.17) is 5.11 Å². The second-order valence-electron chi connectivity index (χ2n) is 5.49. The molecule has 0 amide bonds. The van der Waals surface area contributed by atoms with Crippen LogP contribution in [0.1, 0.15) is 44.0 Å². The van der Waals surface area contributed by atoms with E-state index >= 15 is 0 Å². The Morgan fingerprint density at radius 2 is 1.87 bits per heavy atom. The van der Waals surface area contributed by atoms with Gasteiger partial charge in [-0.1, -0.05) is 13.8 Å². The first-order chi connectivity index (χ1) is 11.0. The Morgan fingerprint density at radius 1 is 1.22 bits per heavy atom. The third-order valence-corrected chi connectivity index (χ3v) is 3.77. The summed E-state index contributed by atoms with van der Waals surface area (Å²) in [6.07, 6.45) is 1.90. The van der Waals surface area contributed by atoms with Crippen LogP contribution in [-0.4, -0.2) is 33.7 Å². The average Bonchev–Trinajstić information content (AvgIpc) is 2.54. The van der Waals surface area contributed by atoms with Gasteiger partial charge in [0, 0.05) is 19.6 Å². The Morgan fingerprint density at radius 3 is 2.39 bits per heavy atom. The maximum Gasteiger partial charge on any atom is 0.335 e.